The van der Waals surface area contributed by atoms with Crippen LogP contribution in [0.15, 0.2) is 0 Å². The molecule has 106 valence electrons. The Morgan fingerprint density at radius 3 is 2.33 bits per heavy atom. The molecule has 18 heavy (non-hydrogen) atoms. The van der Waals surface area contributed by atoms with Crippen LogP contribution in [0.1, 0.15) is 32.6 Å². The first kappa shape index (κ1) is 17.0. The van der Waals surface area contributed by atoms with Crippen LogP contribution in [0.4, 0.5) is 4.79 Å². The zero-order valence-electron chi connectivity index (χ0n) is 9.98. The lowest BCUT2D eigenvalue weighted by Crippen LogP contribution is -2.27. The smallest absolute Gasteiger partial charge is 0.421 e. The summed E-state index contributed by atoms with van der Waals surface area (Å²) in [5.41, 5.74) is 0. The molecule has 0 saturated carbocycles. The number of halogens is 1. The summed E-state index contributed by atoms with van der Waals surface area (Å²) in [5.74, 6) is -0.377. The molecule has 0 aliphatic rings. The molecule has 0 rings (SSSR count). The number of carbonyl (C=O) groups is 2. The van der Waals surface area contributed by atoms with Gasteiger partial charge in [-0.1, -0.05) is 13.3 Å². The third kappa shape index (κ3) is 11.5. The summed E-state index contributed by atoms with van der Waals surface area (Å²) in [6, 6.07) is 0. The fourth-order valence-corrected chi connectivity index (χ4v) is 1.36. The van der Waals surface area contributed by atoms with Gasteiger partial charge in [-0.05, 0) is 12.8 Å². The number of carbonyl (C=O) groups excluding carboxylic acids is 2. The molecule has 0 unspecified atom stereocenters. The van der Waals surface area contributed by atoms with E-state index < -0.39 is 15.3 Å². The van der Waals surface area contributed by atoms with Gasteiger partial charge >= 0.3 is 21.3 Å². The molecule has 0 spiro atoms. The van der Waals surface area contributed by atoms with Crippen molar-refractivity contribution in [3.63, 3.8) is 0 Å². The molecule has 0 aromatic rings. The highest BCUT2D eigenvalue weighted by molar-refractivity contribution is 8.12. The lowest BCUT2D eigenvalue weighted by Gasteiger charge is -2.05. The van der Waals surface area contributed by atoms with E-state index in [9.17, 15) is 18.0 Å². The van der Waals surface area contributed by atoms with E-state index >= 15 is 0 Å². The molecule has 1 amide bonds. The largest absolute Gasteiger partial charge is 0.466 e. The van der Waals surface area contributed by atoms with Gasteiger partial charge in [0.2, 0.25) is 0 Å². The first-order valence-electron chi connectivity index (χ1n) is 5.40. The summed E-state index contributed by atoms with van der Waals surface area (Å²) in [6.45, 7) is 2.26. The van der Waals surface area contributed by atoms with Crippen molar-refractivity contribution in [1.82, 2.24) is 4.72 Å². The van der Waals surface area contributed by atoms with Crippen LogP contribution >= 0.6 is 10.7 Å². The van der Waals surface area contributed by atoms with Gasteiger partial charge in [0.05, 0.1) is 13.2 Å². The highest BCUT2D eigenvalue weighted by Gasteiger charge is 2.11. The van der Waals surface area contributed by atoms with Crippen LogP contribution in [0.3, 0.4) is 0 Å². The summed E-state index contributed by atoms with van der Waals surface area (Å²) in [4.78, 5) is 21.9. The van der Waals surface area contributed by atoms with E-state index in [4.69, 9.17) is 15.4 Å². The molecule has 0 saturated heterocycles. The Bertz CT molecular complexity index is 369. The summed E-state index contributed by atoms with van der Waals surface area (Å²) in [5, 5.41) is 0. The first-order valence-corrected chi connectivity index (χ1v) is 7.71. The molecule has 9 heteroatoms. The summed E-state index contributed by atoms with van der Waals surface area (Å²) in [6.07, 6.45) is 0.914. The van der Waals surface area contributed by atoms with Gasteiger partial charge < -0.3 is 9.47 Å². The van der Waals surface area contributed by atoms with Gasteiger partial charge in [-0.3, -0.25) is 4.79 Å². The predicted octanol–water partition coefficient (Wildman–Crippen LogP) is 1.32. The van der Waals surface area contributed by atoms with Crippen molar-refractivity contribution in [2.45, 2.75) is 32.6 Å². The third-order valence-corrected chi connectivity index (χ3v) is 2.37. The maximum Gasteiger partial charge on any atom is 0.421 e. The molecule has 0 aliphatic heterocycles. The summed E-state index contributed by atoms with van der Waals surface area (Å²) >= 11 is 0. The van der Waals surface area contributed by atoms with Crippen molar-refractivity contribution in [3.05, 3.63) is 0 Å². The maximum atomic E-state index is 11.1. The van der Waals surface area contributed by atoms with Crippen LogP contribution in [0.5, 0.6) is 0 Å². The highest BCUT2D eigenvalue weighted by Crippen LogP contribution is 1.97. The summed E-state index contributed by atoms with van der Waals surface area (Å²) in [7, 11) is 0.613. The highest BCUT2D eigenvalue weighted by atomic mass is 35.7. The van der Waals surface area contributed by atoms with Gasteiger partial charge in [0, 0.05) is 17.1 Å². The molecule has 0 aromatic heterocycles. The molecule has 0 bridgehead atoms. The zero-order chi connectivity index (χ0) is 14.0. The number of hydrogen-bond acceptors (Lipinski definition) is 6. The van der Waals surface area contributed by atoms with Crippen molar-refractivity contribution < 1.29 is 27.5 Å². The molecule has 0 fully saturated rings. The van der Waals surface area contributed by atoms with Gasteiger partial charge in [0.15, 0.2) is 0 Å². The fraction of sp³-hybridized carbons (Fsp3) is 0.778. The monoisotopic (exact) mass is 301 g/mol. The van der Waals surface area contributed by atoms with E-state index in [1.807, 2.05) is 6.92 Å². The van der Waals surface area contributed by atoms with Crippen molar-refractivity contribution >= 4 is 32.0 Å². The van der Waals surface area contributed by atoms with Crippen LogP contribution in [-0.2, 0) is 23.5 Å². The quantitative estimate of drug-likeness (QED) is 0.412. The van der Waals surface area contributed by atoms with E-state index in [1.54, 1.807) is 0 Å². The van der Waals surface area contributed by atoms with Crippen molar-refractivity contribution in [2.24, 2.45) is 0 Å². The SMILES string of the molecule is CCCCOC(=O)CCCOC(=O)NS(=O)(=O)Cl. The van der Waals surface area contributed by atoms with E-state index in [0.717, 1.165) is 12.8 Å². The van der Waals surface area contributed by atoms with Gasteiger partial charge in [-0.25, -0.2) is 9.52 Å². The molecule has 0 heterocycles. The Morgan fingerprint density at radius 2 is 1.78 bits per heavy atom. The minimum atomic E-state index is -4.14. The minimum absolute atomic E-state index is 0.0961. The molecular weight excluding hydrogens is 286 g/mol. The number of nitrogens with one attached hydrogen (secondary N) is 1. The Hall–Kier alpha value is -1.02. The van der Waals surface area contributed by atoms with Gasteiger partial charge in [0.25, 0.3) is 0 Å². The van der Waals surface area contributed by atoms with Gasteiger partial charge in [0.1, 0.15) is 0 Å². The zero-order valence-corrected chi connectivity index (χ0v) is 11.6. The van der Waals surface area contributed by atoms with Gasteiger partial charge in [-0.2, -0.15) is 8.42 Å². The third-order valence-electron chi connectivity index (χ3n) is 1.72. The molecule has 7 nitrogen and oxygen atoms in total. The number of rotatable bonds is 8. The lowest BCUT2D eigenvalue weighted by molar-refractivity contribution is -0.144. The topological polar surface area (TPSA) is 98.8 Å². The van der Waals surface area contributed by atoms with Crippen molar-refractivity contribution in [3.8, 4) is 0 Å². The van der Waals surface area contributed by atoms with Crippen LogP contribution in [0.25, 0.3) is 0 Å². The number of amides is 1. The number of unbranched alkanes of at least 4 members (excludes halogenated alkanes) is 1. The number of hydrogen-bond donors (Lipinski definition) is 1. The van der Waals surface area contributed by atoms with Crippen LogP contribution in [0.2, 0.25) is 0 Å². The molecule has 0 radical (unpaired) electrons. The van der Waals surface area contributed by atoms with E-state index in [1.165, 1.54) is 4.72 Å². The Labute approximate surface area is 110 Å². The second-order valence-electron chi connectivity index (χ2n) is 3.35. The van der Waals surface area contributed by atoms with Crippen molar-refractivity contribution in [1.29, 1.82) is 0 Å². The number of ether oxygens (including phenoxy) is 2. The number of esters is 1. The summed E-state index contributed by atoms with van der Waals surface area (Å²) < 4.78 is 31.6. The minimum Gasteiger partial charge on any atom is -0.466 e. The van der Waals surface area contributed by atoms with Crippen LogP contribution in [0, 0.1) is 0 Å². The van der Waals surface area contributed by atoms with E-state index in [0.29, 0.717) is 6.61 Å². The first-order chi connectivity index (χ1) is 8.35. The maximum absolute atomic E-state index is 11.1. The Morgan fingerprint density at radius 1 is 1.17 bits per heavy atom. The predicted molar refractivity (Wildman–Crippen MR) is 64.4 cm³/mol. The average Bonchev–Trinajstić information content (AvgIpc) is 2.22. The Kier molecular flexibility index (Phi) is 8.47. The molecule has 0 aromatic carbocycles. The Balaban J connectivity index is 3.55. The standard InChI is InChI=1S/C9H16ClNO6S/c1-2-3-6-16-8(12)5-4-7-17-9(13)11-18(10,14)15/h2-7H2,1H3,(H,11,13). The van der Waals surface area contributed by atoms with Crippen LogP contribution in [-0.4, -0.2) is 33.7 Å². The molecule has 1 N–H and O–H groups in total. The average molecular weight is 302 g/mol. The van der Waals surface area contributed by atoms with Crippen LogP contribution < -0.4 is 4.72 Å². The van der Waals surface area contributed by atoms with Gasteiger partial charge in [-0.15, -0.1) is 0 Å². The molecular formula is C9H16ClNO6S. The van der Waals surface area contributed by atoms with Crippen molar-refractivity contribution in [2.75, 3.05) is 13.2 Å². The normalized spacial score (nSPS) is 10.8. The lowest BCUT2D eigenvalue weighted by atomic mass is 10.3. The fourth-order valence-electron chi connectivity index (χ4n) is 0.913. The van der Waals surface area contributed by atoms with E-state index in [-0.39, 0.29) is 25.4 Å². The second kappa shape index (κ2) is 8.98. The molecule has 0 aliphatic carbocycles. The second-order valence-corrected chi connectivity index (χ2v) is 5.65. The molecule has 0 atom stereocenters. The van der Waals surface area contributed by atoms with E-state index in [2.05, 4.69) is 4.74 Å².